The van der Waals surface area contributed by atoms with E-state index in [4.69, 9.17) is 9.47 Å². The molecule has 1 aromatic carbocycles. The van der Waals surface area contributed by atoms with E-state index in [-0.39, 0.29) is 35.4 Å². The van der Waals surface area contributed by atoms with Crippen LogP contribution in [-0.2, 0) is 31.4 Å². The lowest BCUT2D eigenvalue weighted by atomic mass is 10.0. The molecule has 0 bridgehead atoms. The van der Waals surface area contributed by atoms with Gasteiger partial charge in [0.25, 0.3) is 0 Å². The largest absolute Gasteiger partial charge is 0.444 e. The number of hydrogen-bond acceptors (Lipinski definition) is 9. The molecule has 6 rings (SSSR count). The topological polar surface area (TPSA) is 146 Å². The Labute approximate surface area is 235 Å². The van der Waals surface area contributed by atoms with E-state index in [0.717, 1.165) is 0 Å². The minimum absolute atomic E-state index is 0.0500. The van der Waals surface area contributed by atoms with Crippen LogP contribution < -0.4 is 10.2 Å². The van der Waals surface area contributed by atoms with Crippen LogP contribution in [0.2, 0.25) is 0 Å². The van der Waals surface area contributed by atoms with E-state index in [2.05, 4.69) is 20.6 Å². The fourth-order valence-corrected chi connectivity index (χ4v) is 8.04. The quantitative estimate of drug-likeness (QED) is 0.462. The highest BCUT2D eigenvalue weighted by atomic mass is 32.2. The number of nitrogens with zero attached hydrogens (tertiary/aromatic N) is 5. The molecule has 216 valence electrons. The average Bonchev–Trinajstić information content (AvgIpc) is 3.36. The molecule has 3 fully saturated rings. The molecule has 0 radical (unpaired) electrons. The maximum absolute atomic E-state index is 15.3. The zero-order valence-electron chi connectivity index (χ0n) is 22.7. The van der Waals surface area contributed by atoms with Crippen molar-refractivity contribution >= 4 is 27.7 Å². The van der Waals surface area contributed by atoms with Gasteiger partial charge in [-0.3, -0.25) is 9.88 Å². The van der Waals surface area contributed by atoms with Gasteiger partial charge in [0.1, 0.15) is 17.5 Å². The van der Waals surface area contributed by atoms with Crippen molar-refractivity contribution in [3.05, 3.63) is 60.4 Å². The molecular weight excluding hydrogens is 555 g/mol. The van der Waals surface area contributed by atoms with Crippen molar-refractivity contribution in [1.82, 2.24) is 25.3 Å². The van der Waals surface area contributed by atoms with Gasteiger partial charge in [-0.1, -0.05) is 11.3 Å². The van der Waals surface area contributed by atoms with Crippen LogP contribution in [0.5, 0.6) is 0 Å². The number of sulfone groups is 1. The minimum Gasteiger partial charge on any atom is -0.444 e. The molecular formula is C27H29FN6O6S. The van der Waals surface area contributed by atoms with Crippen molar-refractivity contribution in [2.24, 2.45) is 11.8 Å². The number of hydrogen-bond donors (Lipinski definition) is 1. The first-order valence-corrected chi connectivity index (χ1v) is 15.0. The highest BCUT2D eigenvalue weighted by Gasteiger charge is 2.73. The number of benzene rings is 1. The van der Waals surface area contributed by atoms with Gasteiger partial charge < -0.3 is 14.8 Å². The molecule has 3 aliphatic rings. The number of carbonyl (C=O) groups excluding carboxylic acids is 2. The number of alkyl carbamates (subject to hydrolysis) is 1. The summed E-state index contributed by atoms with van der Waals surface area (Å²) in [4.78, 5) is 31.0. The van der Waals surface area contributed by atoms with Crippen LogP contribution in [0.25, 0.3) is 11.1 Å². The molecule has 1 aliphatic carbocycles. The molecule has 2 saturated heterocycles. The Hall–Kier alpha value is -4.07. The Morgan fingerprint density at radius 2 is 1.98 bits per heavy atom. The molecule has 4 heterocycles. The number of rotatable bonds is 6. The van der Waals surface area contributed by atoms with E-state index >= 15 is 4.39 Å². The SMILES string of the molecule is CC(C)(C)OC(=O)NC1(c2ccc(-c3ccc(N4C[C@H](Cn5ccnn5)OC4=O)cc3F)cn2)[C@@H]2CS(=O)(=O)C[C@@H]21. The van der Waals surface area contributed by atoms with Crippen LogP contribution in [0.15, 0.2) is 48.9 Å². The number of cyclic esters (lactones) is 1. The van der Waals surface area contributed by atoms with Gasteiger partial charge in [-0.2, -0.15) is 0 Å². The summed E-state index contributed by atoms with van der Waals surface area (Å²) in [5.74, 6) is -1.29. The second kappa shape index (κ2) is 9.50. The summed E-state index contributed by atoms with van der Waals surface area (Å²) in [5, 5.41) is 10.5. The van der Waals surface area contributed by atoms with Gasteiger partial charge in [0.2, 0.25) is 0 Å². The van der Waals surface area contributed by atoms with Crippen molar-refractivity contribution in [3.63, 3.8) is 0 Å². The summed E-state index contributed by atoms with van der Waals surface area (Å²) >= 11 is 0. The lowest BCUT2D eigenvalue weighted by molar-refractivity contribution is 0.0484. The van der Waals surface area contributed by atoms with Crippen LogP contribution >= 0.6 is 0 Å². The van der Waals surface area contributed by atoms with E-state index in [1.165, 1.54) is 23.4 Å². The molecule has 2 aliphatic heterocycles. The lowest BCUT2D eigenvalue weighted by Gasteiger charge is -2.26. The van der Waals surface area contributed by atoms with Gasteiger partial charge in [0, 0.05) is 35.4 Å². The highest BCUT2D eigenvalue weighted by Crippen LogP contribution is 2.62. The van der Waals surface area contributed by atoms with Crippen molar-refractivity contribution in [2.75, 3.05) is 23.0 Å². The number of pyridine rings is 1. The van der Waals surface area contributed by atoms with Gasteiger partial charge in [-0.15, -0.1) is 5.10 Å². The molecule has 41 heavy (non-hydrogen) atoms. The normalized spacial score (nSPS) is 26.4. The molecule has 2 aromatic heterocycles. The van der Waals surface area contributed by atoms with E-state index in [9.17, 15) is 18.0 Å². The summed E-state index contributed by atoms with van der Waals surface area (Å²) in [6.07, 6.45) is 3.00. The third-order valence-electron chi connectivity index (χ3n) is 7.62. The third-order valence-corrected chi connectivity index (χ3v) is 9.35. The van der Waals surface area contributed by atoms with Crippen molar-refractivity contribution in [2.45, 2.75) is 44.6 Å². The molecule has 14 heteroatoms. The first kappa shape index (κ1) is 27.1. The van der Waals surface area contributed by atoms with E-state index in [1.54, 1.807) is 55.9 Å². The summed E-state index contributed by atoms with van der Waals surface area (Å²) in [5.41, 5.74) is -0.0922. The number of nitrogens with one attached hydrogen (secondary N) is 1. The van der Waals surface area contributed by atoms with E-state index < -0.39 is 45.1 Å². The van der Waals surface area contributed by atoms with Gasteiger partial charge in [0.15, 0.2) is 9.84 Å². The lowest BCUT2D eigenvalue weighted by Crippen LogP contribution is -2.44. The highest BCUT2D eigenvalue weighted by molar-refractivity contribution is 7.91. The van der Waals surface area contributed by atoms with Crippen LogP contribution in [0.3, 0.4) is 0 Å². The molecule has 4 atom stereocenters. The molecule has 2 amide bonds. The summed E-state index contributed by atoms with van der Waals surface area (Å²) in [6, 6.07) is 7.82. The van der Waals surface area contributed by atoms with Crippen molar-refractivity contribution in [1.29, 1.82) is 0 Å². The zero-order chi connectivity index (χ0) is 29.2. The minimum atomic E-state index is -3.20. The summed E-state index contributed by atoms with van der Waals surface area (Å²) < 4.78 is 52.0. The molecule has 3 aromatic rings. The molecule has 1 unspecified atom stereocenters. The number of aromatic nitrogens is 4. The third kappa shape index (κ3) is 5.11. The Bertz CT molecular complexity index is 1590. The molecule has 1 saturated carbocycles. The van der Waals surface area contributed by atoms with Gasteiger partial charge >= 0.3 is 12.2 Å². The average molecular weight is 585 g/mol. The Morgan fingerprint density at radius 1 is 1.22 bits per heavy atom. The first-order chi connectivity index (χ1) is 19.3. The number of amides is 2. The molecule has 0 spiro atoms. The maximum Gasteiger partial charge on any atom is 0.414 e. The van der Waals surface area contributed by atoms with Crippen molar-refractivity contribution in [3.8, 4) is 11.1 Å². The molecule has 1 N–H and O–H groups in total. The second-order valence-corrected chi connectivity index (χ2v) is 13.8. The Kier molecular flexibility index (Phi) is 6.28. The van der Waals surface area contributed by atoms with Gasteiger partial charge in [-0.05, 0) is 45.0 Å². The summed E-state index contributed by atoms with van der Waals surface area (Å²) in [6.45, 7) is 5.80. The zero-order valence-corrected chi connectivity index (χ0v) is 23.5. The second-order valence-electron chi connectivity index (χ2n) is 11.6. The predicted octanol–water partition coefficient (Wildman–Crippen LogP) is 2.90. The number of anilines is 1. The predicted molar refractivity (Wildman–Crippen MR) is 144 cm³/mol. The smallest absolute Gasteiger partial charge is 0.414 e. The summed E-state index contributed by atoms with van der Waals surface area (Å²) in [7, 11) is -3.20. The monoisotopic (exact) mass is 584 g/mol. The van der Waals surface area contributed by atoms with E-state index in [1.807, 2.05) is 0 Å². The van der Waals surface area contributed by atoms with Crippen LogP contribution in [-0.4, -0.2) is 70.3 Å². The van der Waals surface area contributed by atoms with E-state index in [0.29, 0.717) is 23.5 Å². The van der Waals surface area contributed by atoms with Crippen LogP contribution in [0.4, 0.5) is 19.7 Å². The number of ether oxygens (including phenoxy) is 2. The number of halogens is 1. The Morgan fingerprint density at radius 3 is 2.59 bits per heavy atom. The van der Waals surface area contributed by atoms with Crippen LogP contribution in [0, 0.1) is 17.7 Å². The Balaban J connectivity index is 1.20. The van der Waals surface area contributed by atoms with Gasteiger partial charge in [0.05, 0.1) is 47.7 Å². The fraction of sp³-hybridized carbons (Fsp3) is 0.444. The number of fused-ring (bicyclic) bond motifs is 1. The molecule has 12 nitrogen and oxygen atoms in total. The van der Waals surface area contributed by atoms with Crippen LogP contribution in [0.1, 0.15) is 26.5 Å². The fourth-order valence-electron chi connectivity index (χ4n) is 5.82. The van der Waals surface area contributed by atoms with Gasteiger partial charge in [-0.25, -0.2) is 27.1 Å². The maximum atomic E-state index is 15.3. The van der Waals surface area contributed by atoms with Crippen molar-refractivity contribution < 1.29 is 31.9 Å². The number of carbonyl (C=O) groups is 2. The standard InChI is InChI=1S/C27H29FN6O6S/c1-26(2,3)40-24(35)31-27(20-14-41(37,38)15-21(20)27)23-7-4-16(11-29-23)19-6-5-17(10-22(19)28)34-13-18(39-25(34)36)12-33-9-8-30-32-33/h4-11,18,20-21H,12-15H2,1-3H3,(H,31,35)/t18-,20-,21+,27?/m0/s1. The first-order valence-electron chi connectivity index (χ1n) is 13.1.